The van der Waals surface area contributed by atoms with Gasteiger partial charge in [-0.15, -0.1) is 10.2 Å². The number of aromatic hydroxyl groups is 1. The lowest BCUT2D eigenvalue weighted by Crippen LogP contribution is -2.13. The lowest BCUT2D eigenvalue weighted by Gasteiger charge is -2.13. The number of nitrogens with one attached hydrogen (secondary N) is 3. The quantitative estimate of drug-likeness (QED) is 0.0569. The Bertz CT molecular complexity index is 2510. The summed E-state index contributed by atoms with van der Waals surface area (Å²) in [6.45, 7) is 0. The molecule has 0 saturated heterocycles. The van der Waals surface area contributed by atoms with E-state index in [9.17, 15) is 39.7 Å². The van der Waals surface area contributed by atoms with Crippen LogP contribution in [0.1, 0.15) is 31.1 Å². The molecule has 4 N–H and O–H groups in total. The molecule has 268 valence electrons. The van der Waals surface area contributed by atoms with Crippen molar-refractivity contribution >= 4 is 68.3 Å². The van der Waals surface area contributed by atoms with Gasteiger partial charge in [0, 0.05) is 57.8 Å². The number of carbonyl (C=O) groups excluding carboxylic acids is 3. The number of hydrogen-bond donors (Lipinski definition) is 4. The molecule has 0 aromatic heterocycles. The van der Waals surface area contributed by atoms with E-state index in [0.717, 1.165) is 6.07 Å². The van der Waals surface area contributed by atoms with Gasteiger partial charge in [-0.3, -0.25) is 34.6 Å². The lowest BCUT2D eigenvalue weighted by atomic mass is 10.00. The number of nitro benzene ring substituents is 2. The molecule has 6 rings (SSSR count). The Morgan fingerprint density at radius 3 is 1.80 bits per heavy atom. The number of hydrogen-bond acceptors (Lipinski definition) is 11. The third-order valence-corrected chi connectivity index (χ3v) is 7.95. The predicted octanol–water partition coefficient (Wildman–Crippen LogP) is 8.54. The van der Waals surface area contributed by atoms with Crippen LogP contribution >= 0.6 is 0 Å². The molecule has 0 spiro atoms. The Labute approximate surface area is 305 Å². The molecule has 54 heavy (non-hydrogen) atoms. The summed E-state index contributed by atoms with van der Waals surface area (Å²) in [5.41, 5.74) is 0.191. The Kier molecular flexibility index (Phi) is 10.3. The highest BCUT2D eigenvalue weighted by Crippen LogP contribution is 2.41. The maximum atomic E-state index is 13.6. The minimum absolute atomic E-state index is 0.0669. The molecular formula is C38H27N7O9. The van der Waals surface area contributed by atoms with E-state index in [1.165, 1.54) is 92.0 Å². The van der Waals surface area contributed by atoms with Gasteiger partial charge in [-0.1, -0.05) is 36.4 Å². The minimum Gasteiger partial charge on any atom is -0.505 e. The zero-order valence-electron chi connectivity index (χ0n) is 28.0. The van der Waals surface area contributed by atoms with Crippen molar-refractivity contribution in [3.63, 3.8) is 0 Å². The number of fused-ring (bicyclic) bond motifs is 1. The summed E-state index contributed by atoms with van der Waals surface area (Å²) in [5, 5.41) is 51.0. The van der Waals surface area contributed by atoms with Crippen molar-refractivity contribution in [3.8, 4) is 11.5 Å². The zero-order valence-corrected chi connectivity index (χ0v) is 28.0. The standard InChI is InChI=1S/C38H27N7O9/c1-54-33-16-14-23(37(48)39-25-7-3-2-4-8-25)19-32(33)42-43-34-30-15-13-22(36(47)40-26-9-5-11-28(20-26)44(50)51)17-24(30)18-31(35(34)46)38(49)41-27-10-6-12-29(21-27)45(52)53/h2-21,46H,1H3,(H,39,48)(H,40,47)(H,41,49). The molecule has 0 aliphatic carbocycles. The first-order valence-electron chi connectivity index (χ1n) is 15.9. The minimum atomic E-state index is -0.866. The zero-order chi connectivity index (χ0) is 38.4. The fourth-order valence-electron chi connectivity index (χ4n) is 5.33. The highest BCUT2D eigenvalue weighted by atomic mass is 16.6. The smallest absolute Gasteiger partial charge is 0.271 e. The third kappa shape index (κ3) is 7.97. The third-order valence-electron chi connectivity index (χ3n) is 7.95. The number of benzene rings is 6. The number of ether oxygens (including phenoxy) is 1. The van der Waals surface area contributed by atoms with E-state index >= 15 is 0 Å². The van der Waals surface area contributed by atoms with Gasteiger partial charge in [0.2, 0.25) is 0 Å². The number of nitrogens with zero attached hydrogens (tertiary/aromatic N) is 4. The second-order valence-corrected chi connectivity index (χ2v) is 11.5. The molecule has 0 unspecified atom stereocenters. The van der Waals surface area contributed by atoms with Crippen molar-refractivity contribution in [3.05, 3.63) is 158 Å². The molecule has 0 aliphatic rings. The molecule has 0 bridgehead atoms. The van der Waals surface area contributed by atoms with Crippen LogP contribution < -0.4 is 20.7 Å². The topological polar surface area (TPSA) is 228 Å². The number of non-ortho nitro benzene ring substituents is 2. The van der Waals surface area contributed by atoms with Gasteiger partial charge in [0.1, 0.15) is 17.1 Å². The molecule has 6 aromatic rings. The van der Waals surface area contributed by atoms with Gasteiger partial charge in [0.15, 0.2) is 5.75 Å². The number of carbonyl (C=O) groups is 3. The molecule has 0 fully saturated rings. The first-order chi connectivity index (χ1) is 26.0. The SMILES string of the molecule is COc1ccc(C(=O)Nc2ccccc2)cc1N=Nc1c(O)c(C(=O)Nc2cccc([N+](=O)[O-])c2)cc2cc(C(=O)Nc3cccc([N+](=O)[O-])c3)ccc12. The van der Waals surface area contributed by atoms with Gasteiger partial charge in [0.05, 0.1) is 22.5 Å². The molecule has 0 saturated carbocycles. The summed E-state index contributed by atoms with van der Waals surface area (Å²) in [6, 6.07) is 29.4. The van der Waals surface area contributed by atoms with Crippen molar-refractivity contribution in [1.29, 1.82) is 0 Å². The largest absolute Gasteiger partial charge is 0.505 e. The summed E-state index contributed by atoms with van der Waals surface area (Å²) in [6.07, 6.45) is 0. The van der Waals surface area contributed by atoms with Crippen LogP contribution in [0.25, 0.3) is 10.8 Å². The van der Waals surface area contributed by atoms with E-state index in [4.69, 9.17) is 4.74 Å². The fourth-order valence-corrected chi connectivity index (χ4v) is 5.33. The first-order valence-corrected chi connectivity index (χ1v) is 15.9. The maximum Gasteiger partial charge on any atom is 0.271 e. The number of anilines is 3. The Hall–Kier alpha value is -8.01. The highest BCUT2D eigenvalue weighted by Gasteiger charge is 2.21. The molecule has 0 atom stereocenters. The van der Waals surface area contributed by atoms with Crippen LogP contribution in [0.2, 0.25) is 0 Å². The average Bonchev–Trinajstić information content (AvgIpc) is 3.17. The summed E-state index contributed by atoms with van der Waals surface area (Å²) < 4.78 is 5.43. The maximum absolute atomic E-state index is 13.6. The fraction of sp³-hybridized carbons (Fsp3) is 0.0263. The number of phenolic OH excluding ortho intramolecular Hbond substituents is 1. The van der Waals surface area contributed by atoms with Crippen LogP contribution in [0.15, 0.2) is 132 Å². The van der Waals surface area contributed by atoms with E-state index in [-0.39, 0.29) is 67.3 Å². The summed E-state index contributed by atoms with van der Waals surface area (Å²) in [5.74, 6) is -2.32. The van der Waals surface area contributed by atoms with Crippen molar-refractivity contribution in [2.75, 3.05) is 23.1 Å². The molecular weight excluding hydrogens is 698 g/mol. The number of para-hydroxylation sites is 1. The first kappa shape index (κ1) is 35.8. The van der Waals surface area contributed by atoms with Crippen molar-refractivity contribution in [2.45, 2.75) is 0 Å². The highest BCUT2D eigenvalue weighted by molar-refractivity contribution is 6.13. The molecule has 3 amide bonds. The average molecular weight is 726 g/mol. The van der Waals surface area contributed by atoms with Gasteiger partial charge in [-0.2, -0.15) is 0 Å². The second-order valence-electron chi connectivity index (χ2n) is 11.5. The normalized spacial score (nSPS) is 10.8. The van der Waals surface area contributed by atoms with E-state index in [1.54, 1.807) is 24.3 Å². The van der Waals surface area contributed by atoms with E-state index in [1.807, 2.05) is 6.07 Å². The van der Waals surface area contributed by atoms with E-state index in [0.29, 0.717) is 5.69 Å². The summed E-state index contributed by atoms with van der Waals surface area (Å²) >= 11 is 0. The predicted molar refractivity (Wildman–Crippen MR) is 199 cm³/mol. The van der Waals surface area contributed by atoms with E-state index in [2.05, 4.69) is 26.2 Å². The van der Waals surface area contributed by atoms with Crippen molar-refractivity contribution in [1.82, 2.24) is 0 Å². The molecule has 0 heterocycles. The number of rotatable bonds is 11. The lowest BCUT2D eigenvalue weighted by molar-refractivity contribution is -0.385. The Morgan fingerprint density at radius 2 is 1.19 bits per heavy atom. The Balaban J connectivity index is 1.41. The second kappa shape index (κ2) is 15.5. The van der Waals surface area contributed by atoms with Gasteiger partial charge in [-0.25, -0.2) is 0 Å². The number of amides is 3. The van der Waals surface area contributed by atoms with Gasteiger partial charge in [0.25, 0.3) is 29.1 Å². The van der Waals surface area contributed by atoms with Crippen LogP contribution in [-0.4, -0.2) is 39.8 Å². The molecule has 6 aromatic carbocycles. The molecule has 16 heteroatoms. The van der Waals surface area contributed by atoms with Crippen LogP contribution in [0.4, 0.5) is 39.8 Å². The van der Waals surface area contributed by atoms with Crippen LogP contribution in [0, 0.1) is 20.2 Å². The van der Waals surface area contributed by atoms with Crippen LogP contribution in [0.3, 0.4) is 0 Å². The van der Waals surface area contributed by atoms with Gasteiger partial charge < -0.3 is 25.8 Å². The summed E-state index contributed by atoms with van der Waals surface area (Å²) in [4.78, 5) is 61.2. The van der Waals surface area contributed by atoms with Crippen LogP contribution in [0.5, 0.6) is 11.5 Å². The van der Waals surface area contributed by atoms with Gasteiger partial charge >= 0.3 is 0 Å². The van der Waals surface area contributed by atoms with Crippen molar-refractivity contribution < 1.29 is 34.1 Å². The monoisotopic (exact) mass is 725 g/mol. The van der Waals surface area contributed by atoms with Crippen molar-refractivity contribution in [2.24, 2.45) is 10.2 Å². The summed E-state index contributed by atoms with van der Waals surface area (Å²) in [7, 11) is 1.39. The number of methoxy groups -OCH3 is 1. The molecule has 0 aliphatic heterocycles. The molecule has 16 nitrogen and oxygen atoms in total. The number of azo groups is 1. The number of nitro groups is 2. The van der Waals surface area contributed by atoms with Crippen LogP contribution in [-0.2, 0) is 0 Å². The van der Waals surface area contributed by atoms with E-state index < -0.39 is 33.3 Å². The van der Waals surface area contributed by atoms with Gasteiger partial charge in [-0.05, 0) is 66.0 Å². The molecule has 0 radical (unpaired) electrons. The number of phenols is 1. The Morgan fingerprint density at radius 1 is 0.630 bits per heavy atom.